The van der Waals surface area contributed by atoms with Gasteiger partial charge in [0.15, 0.2) is 11.8 Å². The second-order valence-electron chi connectivity index (χ2n) is 6.32. The predicted octanol–water partition coefficient (Wildman–Crippen LogP) is 2.85. The van der Waals surface area contributed by atoms with Crippen molar-refractivity contribution >= 4 is 45.0 Å². The lowest BCUT2D eigenvalue weighted by atomic mass is 10.2. The van der Waals surface area contributed by atoms with Crippen LogP contribution in [0.2, 0.25) is 5.02 Å². The van der Waals surface area contributed by atoms with Gasteiger partial charge in [0.05, 0.1) is 4.90 Å². The molecule has 0 radical (unpaired) electrons. The molecule has 0 bridgehead atoms. The molecule has 0 aliphatic carbocycles. The highest BCUT2D eigenvalue weighted by Crippen LogP contribution is 2.24. The van der Waals surface area contributed by atoms with Gasteiger partial charge in [0, 0.05) is 23.0 Å². The summed E-state index contributed by atoms with van der Waals surface area (Å²) in [4.78, 5) is 16.0. The lowest BCUT2D eigenvalue weighted by Gasteiger charge is -2.12. The van der Waals surface area contributed by atoms with Crippen LogP contribution in [0.1, 0.15) is 5.56 Å². The van der Waals surface area contributed by atoms with Crippen molar-refractivity contribution in [3.8, 4) is 5.75 Å². The highest BCUT2D eigenvalue weighted by molar-refractivity contribution is 7.99. The van der Waals surface area contributed by atoms with Crippen LogP contribution in [-0.2, 0) is 14.8 Å². The molecule has 3 N–H and O–H groups in total. The monoisotopic (exact) mass is 481 g/mol. The van der Waals surface area contributed by atoms with Crippen LogP contribution in [0.4, 0.5) is 5.69 Å². The van der Waals surface area contributed by atoms with Crippen molar-refractivity contribution in [2.75, 3.05) is 23.6 Å². The van der Waals surface area contributed by atoms with Crippen molar-refractivity contribution in [3.63, 3.8) is 0 Å². The third kappa shape index (κ3) is 6.88. The van der Waals surface area contributed by atoms with Crippen LogP contribution in [0.25, 0.3) is 0 Å². The number of aryl methyl sites for hydroxylation is 1. The zero-order valence-electron chi connectivity index (χ0n) is 16.5. The number of hydrogen-bond donors (Lipinski definition) is 3. The molecule has 1 amide bonds. The van der Waals surface area contributed by atoms with Crippen LogP contribution in [0.5, 0.6) is 5.75 Å². The summed E-state index contributed by atoms with van der Waals surface area (Å²) < 4.78 is 33.2. The zero-order chi connectivity index (χ0) is 22.3. The molecule has 0 saturated carbocycles. The van der Waals surface area contributed by atoms with E-state index in [0.717, 1.165) is 0 Å². The molecule has 31 heavy (non-hydrogen) atoms. The summed E-state index contributed by atoms with van der Waals surface area (Å²) >= 11 is 7.26. The van der Waals surface area contributed by atoms with E-state index in [9.17, 15) is 13.2 Å². The van der Waals surface area contributed by atoms with Crippen LogP contribution in [0.15, 0.2) is 58.8 Å². The van der Waals surface area contributed by atoms with Gasteiger partial charge in [-0.05, 0) is 55.0 Å². The van der Waals surface area contributed by atoms with Gasteiger partial charge in [0.2, 0.25) is 0 Å². The fourth-order valence-electron chi connectivity index (χ4n) is 2.48. The number of thioether (sulfide) groups is 1. The van der Waals surface area contributed by atoms with E-state index < -0.39 is 10.0 Å². The standard InChI is InChI=1S/C19H20ClN5O4S2/c1-13-10-16(31(27,28)25-15-4-2-14(20)3-5-15)6-7-17(13)29-11-18(26)21-8-9-30-19-22-12-23-24-19/h2-7,10,12,25H,8-9,11H2,1H3,(H,21,26)(H,22,23,24). The van der Waals surface area contributed by atoms with Crippen LogP contribution < -0.4 is 14.8 Å². The molecule has 3 rings (SSSR count). The first-order valence-corrected chi connectivity index (χ1v) is 11.9. The van der Waals surface area contributed by atoms with Crippen molar-refractivity contribution in [2.24, 2.45) is 0 Å². The highest BCUT2D eigenvalue weighted by Gasteiger charge is 2.16. The Morgan fingerprint density at radius 2 is 2.00 bits per heavy atom. The molecular weight excluding hydrogens is 462 g/mol. The van der Waals surface area contributed by atoms with Gasteiger partial charge in [-0.15, -0.1) is 0 Å². The van der Waals surface area contributed by atoms with E-state index in [2.05, 4.69) is 25.2 Å². The minimum absolute atomic E-state index is 0.0844. The van der Waals surface area contributed by atoms with Crippen molar-refractivity contribution in [3.05, 3.63) is 59.4 Å². The number of nitrogens with one attached hydrogen (secondary N) is 3. The number of nitrogens with zero attached hydrogens (tertiary/aromatic N) is 2. The number of sulfonamides is 1. The Morgan fingerprint density at radius 1 is 1.23 bits per heavy atom. The molecule has 164 valence electrons. The number of anilines is 1. The lowest BCUT2D eigenvalue weighted by Crippen LogP contribution is -2.30. The largest absolute Gasteiger partial charge is 0.484 e. The number of hydrogen-bond acceptors (Lipinski definition) is 7. The van der Waals surface area contributed by atoms with E-state index in [0.29, 0.717) is 39.5 Å². The second kappa shape index (κ2) is 10.5. The molecule has 0 aliphatic heterocycles. The summed E-state index contributed by atoms with van der Waals surface area (Å²) in [5.41, 5.74) is 0.994. The van der Waals surface area contributed by atoms with E-state index in [4.69, 9.17) is 16.3 Å². The molecule has 0 atom stereocenters. The molecule has 12 heteroatoms. The number of aromatic nitrogens is 3. The minimum atomic E-state index is -3.77. The molecule has 0 aliphatic rings. The number of H-pyrrole nitrogens is 1. The Kier molecular flexibility index (Phi) is 7.77. The molecule has 2 aromatic carbocycles. The summed E-state index contributed by atoms with van der Waals surface area (Å²) in [7, 11) is -3.77. The molecule has 0 spiro atoms. The smallest absolute Gasteiger partial charge is 0.261 e. The van der Waals surface area contributed by atoms with E-state index in [1.54, 1.807) is 31.2 Å². The number of ether oxygens (including phenoxy) is 1. The molecule has 3 aromatic rings. The maximum Gasteiger partial charge on any atom is 0.261 e. The van der Waals surface area contributed by atoms with Gasteiger partial charge < -0.3 is 10.1 Å². The van der Waals surface area contributed by atoms with Gasteiger partial charge in [-0.1, -0.05) is 23.4 Å². The van der Waals surface area contributed by atoms with Crippen LogP contribution in [0.3, 0.4) is 0 Å². The van der Waals surface area contributed by atoms with Gasteiger partial charge in [0.25, 0.3) is 15.9 Å². The van der Waals surface area contributed by atoms with Gasteiger partial charge in [0.1, 0.15) is 12.1 Å². The van der Waals surface area contributed by atoms with E-state index in [1.807, 2.05) is 0 Å². The Labute approximate surface area is 189 Å². The molecule has 9 nitrogen and oxygen atoms in total. The van der Waals surface area contributed by atoms with Crippen molar-refractivity contribution in [1.29, 1.82) is 0 Å². The molecule has 0 unspecified atom stereocenters. The number of aromatic amines is 1. The Bertz CT molecular complexity index is 1120. The van der Waals surface area contributed by atoms with Crippen molar-refractivity contribution in [1.82, 2.24) is 20.5 Å². The van der Waals surface area contributed by atoms with Crippen LogP contribution >= 0.6 is 23.4 Å². The molecule has 0 fully saturated rings. The highest BCUT2D eigenvalue weighted by atomic mass is 35.5. The fourth-order valence-corrected chi connectivity index (χ4v) is 4.39. The predicted molar refractivity (Wildman–Crippen MR) is 119 cm³/mol. The Morgan fingerprint density at radius 3 is 2.68 bits per heavy atom. The van der Waals surface area contributed by atoms with Gasteiger partial charge in [-0.25, -0.2) is 13.4 Å². The maximum absolute atomic E-state index is 12.6. The first-order valence-electron chi connectivity index (χ1n) is 9.10. The molecule has 1 aromatic heterocycles. The fraction of sp³-hybridized carbons (Fsp3) is 0.211. The summed E-state index contributed by atoms with van der Waals surface area (Å²) in [5, 5.41) is 10.4. The quantitative estimate of drug-likeness (QED) is 0.300. The topological polar surface area (TPSA) is 126 Å². The number of carbonyl (C=O) groups excluding carboxylic acids is 1. The van der Waals surface area contributed by atoms with Gasteiger partial charge >= 0.3 is 0 Å². The zero-order valence-corrected chi connectivity index (χ0v) is 18.9. The maximum atomic E-state index is 12.6. The first kappa shape index (κ1) is 22.9. The average Bonchev–Trinajstić information content (AvgIpc) is 3.25. The number of amides is 1. The number of halogens is 1. The van der Waals surface area contributed by atoms with E-state index >= 15 is 0 Å². The molecular formula is C19H20ClN5O4S2. The number of carbonyl (C=O) groups is 1. The Balaban J connectivity index is 1.50. The lowest BCUT2D eigenvalue weighted by molar-refractivity contribution is -0.122. The summed E-state index contributed by atoms with van der Waals surface area (Å²) in [6, 6.07) is 10.8. The Hall–Kier alpha value is -2.76. The first-order chi connectivity index (χ1) is 14.8. The van der Waals surface area contributed by atoms with E-state index in [1.165, 1.54) is 36.3 Å². The average molecular weight is 482 g/mol. The number of rotatable bonds is 10. The van der Waals surface area contributed by atoms with Crippen LogP contribution in [0, 0.1) is 6.92 Å². The SMILES string of the molecule is Cc1cc(S(=O)(=O)Nc2ccc(Cl)cc2)ccc1OCC(=O)NCCSc1ncn[nH]1. The number of benzene rings is 2. The van der Waals surface area contributed by atoms with Gasteiger partial charge in [-0.3, -0.25) is 14.6 Å². The van der Waals surface area contributed by atoms with Crippen molar-refractivity contribution < 1.29 is 17.9 Å². The van der Waals surface area contributed by atoms with Crippen molar-refractivity contribution in [2.45, 2.75) is 17.0 Å². The third-order valence-electron chi connectivity index (χ3n) is 3.97. The normalized spacial score (nSPS) is 11.2. The van der Waals surface area contributed by atoms with Crippen LogP contribution in [-0.4, -0.2) is 48.4 Å². The second-order valence-corrected chi connectivity index (χ2v) is 9.52. The summed E-state index contributed by atoms with van der Waals surface area (Å²) in [5.74, 6) is 0.781. The van der Waals surface area contributed by atoms with E-state index in [-0.39, 0.29) is 17.4 Å². The molecule has 1 heterocycles. The summed E-state index contributed by atoms with van der Waals surface area (Å²) in [6.07, 6.45) is 1.42. The van der Waals surface area contributed by atoms with Gasteiger partial charge in [-0.2, -0.15) is 5.10 Å². The third-order valence-corrected chi connectivity index (χ3v) is 6.48. The summed E-state index contributed by atoms with van der Waals surface area (Å²) in [6.45, 7) is 1.98. The minimum Gasteiger partial charge on any atom is -0.484 e. The molecule has 0 saturated heterocycles.